The average molecular weight is 165 g/mol. The van der Waals surface area contributed by atoms with Gasteiger partial charge in [0.2, 0.25) is 0 Å². The predicted molar refractivity (Wildman–Crippen MR) is 52.1 cm³/mol. The highest BCUT2D eigenvalue weighted by atomic mass is 15.0. The van der Waals surface area contributed by atoms with Gasteiger partial charge in [-0.3, -0.25) is 0 Å². The molecule has 1 saturated heterocycles. The van der Waals surface area contributed by atoms with E-state index in [4.69, 9.17) is 0 Å². The third-order valence-electron chi connectivity index (χ3n) is 3.84. The highest BCUT2D eigenvalue weighted by Gasteiger charge is 2.42. The lowest BCUT2D eigenvalue weighted by atomic mass is 9.74. The molecule has 3 atom stereocenters. The van der Waals surface area contributed by atoms with E-state index in [0.29, 0.717) is 5.54 Å². The molecule has 0 spiro atoms. The van der Waals surface area contributed by atoms with Gasteiger partial charge in [0.05, 0.1) is 0 Å². The largest absolute Gasteiger partial charge is 0.311 e. The highest BCUT2D eigenvalue weighted by molar-refractivity contribution is 5.10. The van der Waals surface area contributed by atoms with Gasteiger partial charge in [0.15, 0.2) is 0 Å². The summed E-state index contributed by atoms with van der Waals surface area (Å²) in [5.74, 6) is 1.72. The Morgan fingerprint density at radius 1 is 1.58 bits per heavy atom. The van der Waals surface area contributed by atoms with Crippen molar-refractivity contribution in [1.82, 2.24) is 5.32 Å². The lowest BCUT2D eigenvalue weighted by molar-refractivity contribution is 0.254. The fourth-order valence-electron chi connectivity index (χ4n) is 2.77. The number of allylic oxidation sites excluding steroid dienone is 1. The van der Waals surface area contributed by atoms with Gasteiger partial charge < -0.3 is 5.32 Å². The van der Waals surface area contributed by atoms with Crippen LogP contribution in [0.1, 0.15) is 33.1 Å². The second kappa shape index (κ2) is 2.88. The Hall–Kier alpha value is -0.300. The minimum atomic E-state index is 0.426. The molecule has 0 aromatic rings. The van der Waals surface area contributed by atoms with Crippen LogP contribution < -0.4 is 5.32 Å². The molecule has 1 aliphatic carbocycles. The second-order valence-corrected chi connectivity index (χ2v) is 4.43. The molecule has 2 rings (SSSR count). The highest BCUT2D eigenvalue weighted by Crippen LogP contribution is 2.39. The molecule has 3 unspecified atom stereocenters. The maximum atomic E-state index is 3.67. The number of nitrogens with one attached hydrogen (secondary N) is 1. The Labute approximate surface area is 75.2 Å². The summed E-state index contributed by atoms with van der Waals surface area (Å²) in [6, 6.07) is 0. The van der Waals surface area contributed by atoms with Gasteiger partial charge in [-0.25, -0.2) is 0 Å². The van der Waals surface area contributed by atoms with Gasteiger partial charge in [0.25, 0.3) is 0 Å². The summed E-state index contributed by atoms with van der Waals surface area (Å²) in [6.45, 7) is 5.88. The van der Waals surface area contributed by atoms with Crippen molar-refractivity contribution in [1.29, 1.82) is 0 Å². The Morgan fingerprint density at radius 2 is 2.42 bits per heavy atom. The van der Waals surface area contributed by atoms with Gasteiger partial charge in [-0.1, -0.05) is 19.1 Å². The van der Waals surface area contributed by atoms with E-state index in [1.165, 1.54) is 25.8 Å². The Bertz CT molecular complexity index is 197. The van der Waals surface area contributed by atoms with Crippen molar-refractivity contribution in [2.75, 3.05) is 6.54 Å². The third kappa shape index (κ3) is 1.11. The van der Waals surface area contributed by atoms with E-state index in [-0.39, 0.29) is 0 Å². The van der Waals surface area contributed by atoms with E-state index in [9.17, 15) is 0 Å². The first kappa shape index (κ1) is 8.31. The molecule has 0 aromatic carbocycles. The van der Waals surface area contributed by atoms with Crippen molar-refractivity contribution in [3.05, 3.63) is 12.2 Å². The van der Waals surface area contributed by atoms with Crippen molar-refractivity contribution in [2.24, 2.45) is 11.8 Å². The smallest absolute Gasteiger partial charge is 0.0185 e. The van der Waals surface area contributed by atoms with Crippen LogP contribution in [0, 0.1) is 11.8 Å². The second-order valence-electron chi connectivity index (χ2n) is 4.43. The van der Waals surface area contributed by atoms with E-state index in [2.05, 4.69) is 31.3 Å². The van der Waals surface area contributed by atoms with E-state index >= 15 is 0 Å². The molecule has 68 valence electrons. The van der Waals surface area contributed by atoms with Crippen molar-refractivity contribution >= 4 is 0 Å². The predicted octanol–water partition coefficient (Wildman–Crippen LogP) is 2.34. The van der Waals surface area contributed by atoms with E-state index in [1.54, 1.807) is 0 Å². The van der Waals surface area contributed by atoms with Crippen LogP contribution in [0.15, 0.2) is 12.2 Å². The Kier molecular flexibility index (Phi) is 1.99. The molecule has 0 amide bonds. The molecule has 1 aliphatic heterocycles. The molecule has 12 heavy (non-hydrogen) atoms. The molecule has 1 heteroatoms. The molecular weight excluding hydrogens is 146 g/mol. The first-order chi connectivity index (χ1) is 5.76. The monoisotopic (exact) mass is 165 g/mol. The molecule has 0 radical (unpaired) electrons. The lowest BCUT2D eigenvalue weighted by Crippen LogP contribution is -2.41. The molecule has 1 fully saturated rings. The summed E-state index contributed by atoms with van der Waals surface area (Å²) in [6.07, 6.45) is 8.71. The van der Waals surface area contributed by atoms with Crippen LogP contribution in [0.25, 0.3) is 0 Å². The average Bonchev–Trinajstić information content (AvgIpc) is 2.46. The van der Waals surface area contributed by atoms with Gasteiger partial charge in [-0.15, -0.1) is 0 Å². The van der Waals surface area contributed by atoms with Gasteiger partial charge in [-0.2, -0.15) is 0 Å². The summed E-state index contributed by atoms with van der Waals surface area (Å²) in [7, 11) is 0. The van der Waals surface area contributed by atoms with Crippen molar-refractivity contribution < 1.29 is 0 Å². The van der Waals surface area contributed by atoms with Gasteiger partial charge >= 0.3 is 0 Å². The first-order valence-corrected chi connectivity index (χ1v) is 5.18. The summed E-state index contributed by atoms with van der Waals surface area (Å²) in [5, 5.41) is 3.67. The van der Waals surface area contributed by atoms with E-state index < -0.39 is 0 Å². The molecule has 0 saturated carbocycles. The van der Waals surface area contributed by atoms with Crippen LogP contribution in [0.5, 0.6) is 0 Å². The van der Waals surface area contributed by atoms with Crippen molar-refractivity contribution in [3.63, 3.8) is 0 Å². The summed E-state index contributed by atoms with van der Waals surface area (Å²) in [4.78, 5) is 0. The molecule has 0 bridgehead atoms. The van der Waals surface area contributed by atoms with Crippen LogP contribution in [-0.2, 0) is 0 Å². The van der Waals surface area contributed by atoms with Crippen LogP contribution in [0.4, 0.5) is 0 Å². The van der Waals surface area contributed by atoms with E-state index in [1.807, 2.05) is 0 Å². The SMILES string of the molecule is CCC1(C)NCC2C=CCCC21. The summed E-state index contributed by atoms with van der Waals surface area (Å²) in [5.41, 5.74) is 0.426. The zero-order valence-electron chi connectivity index (χ0n) is 8.14. The zero-order valence-corrected chi connectivity index (χ0v) is 8.14. The number of hydrogen-bond acceptors (Lipinski definition) is 1. The van der Waals surface area contributed by atoms with Gasteiger partial charge in [-0.05, 0) is 38.0 Å². The first-order valence-electron chi connectivity index (χ1n) is 5.18. The maximum Gasteiger partial charge on any atom is 0.0185 e. The molecular formula is C11H19N. The number of fused-ring (bicyclic) bond motifs is 1. The number of rotatable bonds is 1. The fourth-order valence-corrected chi connectivity index (χ4v) is 2.77. The molecule has 1 heterocycles. The molecule has 1 N–H and O–H groups in total. The maximum absolute atomic E-state index is 3.67. The van der Waals surface area contributed by atoms with E-state index in [0.717, 1.165) is 11.8 Å². The van der Waals surface area contributed by atoms with Crippen molar-refractivity contribution in [2.45, 2.75) is 38.6 Å². The standard InChI is InChI=1S/C11H19N/c1-3-11(2)10-7-5-4-6-9(10)8-12-11/h4,6,9-10,12H,3,5,7-8H2,1-2H3. The topological polar surface area (TPSA) is 12.0 Å². The molecule has 2 aliphatic rings. The Morgan fingerprint density at radius 3 is 3.17 bits per heavy atom. The minimum Gasteiger partial charge on any atom is -0.311 e. The number of hydrogen-bond donors (Lipinski definition) is 1. The van der Waals surface area contributed by atoms with Crippen molar-refractivity contribution in [3.8, 4) is 0 Å². The van der Waals surface area contributed by atoms with Gasteiger partial charge in [0.1, 0.15) is 0 Å². The molecule has 1 nitrogen and oxygen atoms in total. The molecule has 0 aromatic heterocycles. The minimum absolute atomic E-state index is 0.426. The third-order valence-corrected chi connectivity index (χ3v) is 3.84. The quantitative estimate of drug-likeness (QED) is 0.588. The van der Waals surface area contributed by atoms with Crippen LogP contribution in [0.3, 0.4) is 0 Å². The normalized spacial score (nSPS) is 46.2. The van der Waals surface area contributed by atoms with Crippen LogP contribution in [-0.4, -0.2) is 12.1 Å². The van der Waals surface area contributed by atoms with Crippen LogP contribution in [0.2, 0.25) is 0 Å². The van der Waals surface area contributed by atoms with Crippen LogP contribution >= 0.6 is 0 Å². The zero-order chi connectivity index (χ0) is 8.60. The summed E-state index contributed by atoms with van der Waals surface area (Å²) < 4.78 is 0. The summed E-state index contributed by atoms with van der Waals surface area (Å²) >= 11 is 0. The lowest BCUT2D eigenvalue weighted by Gasteiger charge is -2.33. The Balaban J connectivity index is 2.18. The fraction of sp³-hybridized carbons (Fsp3) is 0.818. The van der Waals surface area contributed by atoms with Gasteiger partial charge in [0, 0.05) is 12.1 Å².